The van der Waals surface area contributed by atoms with Crippen molar-refractivity contribution < 1.29 is 9.90 Å². The fraction of sp³-hybridized carbons (Fsp3) is 0.625. The summed E-state index contributed by atoms with van der Waals surface area (Å²) in [5, 5.41) is 9.22. The first kappa shape index (κ1) is 9.99. The molecule has 0 bridgehead atoms. The van der Waals surface area contributed by atoms with Crippen LogP contribution in [-0.2, 0) is 4.79 Å². The van der Waals surface area contributed by atoms with Crippen LogP contribution < -0.4 is 0 Å². The van der Waals surface area contributed by atoms with Gasteiger partial charge in [-0.3, -0.25) is 4.79 Å². The zero-order chi connectivity index (χ0) is 9.07. The largest absolute Gasteiger partial charge is 0.381 e. The average molecular weight is 155 g/mol. The summed E-state index contributed by atoms with van der Waals surface area (Å²) in [4.78, 5) is 12.4. The van der Waals surface area contributed by atoms with Crippen molar-refractivity contribution >= 4 is 5.91 Å². The fourth-order valence-corrected chi connectivity index (χ4v) is 0.676. The molecule has 0 aromatic heterocycles. The van der Waals surface area contributed by atoms with Gasteiger partial charge in [-0.1, -0.05) is 5.92 Å². The van der Waals surface area contributed by atoms with Crippen LogP contribution in [0.5, 0.6) is 0 Å². The van der Waals surface area contributed by atoms with Crippen LogP contribution in [0.4, 0.5) is 0 Å². The van der Waals surface area contributed by atoms with Gasteiger partial charge in [0.1, 0.15) is 5.60 Å². The topological polar surface area (TPSA) is 40.5 Å². The Labute approximate surface area is 67.0 Å². The Balaban J connectivity index is 4.17. The second-order valence-corrected chi connectivity index (χ2v) is 2.92. The van der Waals surface area contributed by atoms with Crippen molar-refractivity contribution in [3.8, 4) is 12.3 Å². The molecule has 0 aliphatic carbocycles. The Morgan fingerprint density at radius 1 is 1.73 bits per heavy atom. The lowest BCUT2D eigenvalue weighted by atomic mass is 10.1. The molecule has 0 spiro atoms. The van der Waals surface area contributed by atoms with E-state index in [4.69, 9.17) is 6.42 Å². The number of nitrogens with zero attached hydrogens (tertiary/aromatic N) is 1. The van der Waals surface area contributed by atoms with Crippen molar-refractivity contribution in [2.45, 2.75) is 19.4 Å². The summed E-state index contributed by atoms with van der Waals surface area (Å²) in [6, 6.07) is 0. The second-order valence-electron chi connectivity index (χ2n) is 2.92. The molecule has 0 rings (SSSR count). The van der Waals surface area contributed by atoms with Crippen LogP contribution in [0.2, 0.25) is 0 Å². The highest BCUT2D eigenvalue weighted by Gasteiger charge is 2.26. The van der Waals surface area contributed by atoms with Gasteiger partial charge in [0.05, 0.1) is 6.54 Å². The molecular weight excluding hydrogens is 142 g/mol. The number of rotatable bonds is 2. The summed E-state index contributed by atoms with van der Waals surface area (Å²) in [5.41, 5.74) is -1.33. The highest BCUT2D eigenvalue weighted by Crippen LogP contribution is 2.04. The molecule has 0 radical (unpaired) electrons. The maximum absolute atomic E-state index is 11.1. The highest BCUT2D eigenvalue weighted by atomic mass is 16.3. The molecule has 0 heterocycles. The first-order valence-electron chi connectivity index (χ1n) is 3.31. The molecule has 1 amide bonds. The van der Waals surface area contributed by atoms with E-state index in [-0.39, 0.29) is 12.5 Å². The van der Waals surface area contributed by atoms with Gasteiger partial charge in [0, 0.05) is 7.05 Å². The first-order chi connectivity index (χ1) is 4.89. The number of likely N-dealkylation sites (N-methyl/N-ethyl adjacent to an activating group) is 1. The number of aliphatic hydroxyl groups is 1. The van der Waals surface area contributed by atoms with Gasteiger partial charge >= 0.3 is 0 Å². The molecule has 0 aromatic rings. The fourth-order valence-electron chi connectivity index (χ4n) is 0.676. The van der Waals surface area contributed by atoms with E-state index in [9.17, 15) is 9.90 Å². The van der Waals surface area contributed by atoms with Crippen molar-refractivity contribution in [1.29, 1.82) is 0 Å². The van der Waals surface area contributed by atoms with E-state index in [0.717, 1.165) is 0 Å². The molecule has 3 heteroatoms. The standard InChI is InChI=1S/C8H13NO2/c1-5-6-9(4)7(10)8(2,3)11/h1,11H,6H2,2-4H3. The molecule has 3 nitrogen and oxygen atoms in total. The van der Waals surface area contributed by atoms with Crippen molar-refractivity contribution in [2.75, 3.05) is 13.6 Å². The highest BCUT2D eigenvalue weighted by molar-refractivity contribution is 5.83. The third kappa shape index (κ3) is 3.06. The number of carbonyl (C=O) groups excluding carboxylic acids is 1. The number of carbonyl (C=O) groups is 1. The molecule has 0 atom stereocenters. The smallest absolute Gasteiger partial charge is 0.254 e. The molecule has 0 fully saturated rings. The van der Waals surface area contributed by atoms with Gasteiger partial charge in [-0.05, 0) is 13.8 Å². The molecule has 62 valence electrons. The number of hydrogen-bond acceptors (Lipinski definition) is 2. The lowest BCUT2D eigenvalue weighted by molar-refractivity contribution is -0.145. The lowest BCUT2D eigenvalue weighted by Gasteiger charge is -2.22. The minimum atomic E-state index is -1.33. The molecule has 1 N–H and O–H groups in total. The monoisotopic (exact) mass is 155 g/mol. The van der Waals surface area contributed by atoms with Crippen LogP contribution in [0.3, 0.4) is 0 Å². The second kappa shape index (κ2) is 3.40. The Morgan fingerprint density at radius 2 is 2.18 bits per heavy atom. The van der Waals surface area contributed by atoms with Crippen LogP contribution in [-0.4, -0.2) is 35.1 Å². The van der Waals surface area contributed by atoms with Crippen molar-refractivity contribution in [3.63, 3.8) is 0 Å². The molecule has 11 heavy (non-hydrogen) atoms. The van der Waals surface area contributed by atoms with Gasteiger partial charge < -0.3 is 10.0 Å². The van der Waals surface area contributed by atoms with E-state index in [0.29, 0.717) is 0 Å². The Morgan fingerprint density at radius 3 is 2.45 bits per heavy atom. The van der Waals surface area contributed by atoms with Gasteiger partial charge in [-0.25, -0.2) is 0 Å². The molecule has 0 aliphatic heterocycles. The van der Waals surface area contributed by atoms with Gasteiger partial charge in [-0.2, -0.15) is 0 Å². The van der Waals surface area contributed by atoms with E-state index in [2.05, 4.69) is 5.92 Å². The summed E-state index contributed by atoms with van der Waals surface area (Å²) < 4.78 is 0. The molecule has 0 aliphatic rings. The Bertz CT molecular complexity index is 185. The maximum atomic E-state index is 11.1. The average Bonchev–Trinajstić information content (AvgIpc) is 1.85. The SMILES string of the molecule is C#CCN(C)C(=O)C(C)(C)O. The lowest BCUT2D eigenvalue weighted by Crippen LogP contribution is -2.43. The van der Waals surface area contributed by atoms with Gasteiger partial charge in [0.25, 0.3) is 5.91 Å². The molecule has 0 saturated heterocycles. The van der Waals surface area contributed by atoms with Crippen LogP contribution in [0.1, 0.15) is 13.8 Å². The Hall–Kier alpha value is -1.01. The van der Waals surface area contributed by atoms with Gasteiger partial charge in [0.15, 0.2) is 0 Å². The number of amides is 1. The van der Waals surface area contributed by atoms with E-state index in [1.807, 2.05) is 0 Å². The summed E-state index contributed by atoms with van der Waals surface area (Å²) in [6.07, 6.45) is 4.98. The zero-order valence-corrected chi connectivity index (χ0v) is 7.09. The van der Waals surface area contributed by atoms with Gasteiger partial charge in [0.2, 0.25) is 0 Å². The third-order valence-corrected chi connectivity index (χ3v) is 1.20. The van der Waals surface area contributed by atoms with Crippen LogP contribution in [0.25, 0.3) is 0 Å². The van der Waals surface area contributed by atoms with Crippen molar-refractivity contribution in [3.05, 3.63) is 0 Å². The first-order valence-corrected chi connectivity index (χ1v) is 3.31. The normalized spacial score (nSPS) is 10.5. The number of terminal acetylenes is 1. The third-order valence-electron chi connectivity index (χ3n) is 1.20. The predicted octanol–water partition coefficient (Wildman–Crippen LogP) is -0.151. The molecule has 0 aromatic carbocycles. The van der Waals surface area contributed by atoms with Crippen molar-refractivity contribution in [1.82, 2.24) is 4.90 Å². The van der Waals surface area contributed by atoms with E-state index in [1.165, 1.54) is 18.7 Å². The summed E-state index contributed by atoms with van der Waals surface area (Å²) in [5.74, 6) is 1.95. The van der Waals surface area contributed by atoms with E-state index < -0.39 is 5.60 Å². The summed E-state index contributed by atoms with van der Waals surface area (Å²) in [7, 11) is 1.56. The predicted molar refractivity (Wildman–Crippen MR) is 42.8 cm³/mol. The van der Waals surface area contributed by atoms with Crippen LogP contribution in [0.15, 0.2) is 0 Å². The van der Waals surface area contributed by atoms with Crippen LogP contribution in [0, 0.1) is 12.3 Å². The minimum Gasteiger partial charge on any atom is -0.381 e. The summed E-state index contributed by atoms with van der Waals surface area (Å²) in [6.45, 7) is 3.09. The minimum absolute atomic E-state index is 0.225. The number of hydrogen-bond donors (Lipinski definition) is 1. The Kier molecular flexibility index (Phi) is 3.09. The summed E-state index contributed by atoms with van der Waals surface area (Å²) >= 11 is 0. The maximum Gasteiger partial charge on any atom is 0.254 e. The molecular formula is C8H13NO2. The van der Waals surface area contributed by atoms with Gasteiger partial charge in [-0.15, -0.1) is 6.42 Å². The molecule has 0 unspecified atom stereocenters. The van der Waals surface area contributed by atoms with Crippen molar-refractivity contribution in [2.24, 2.45) is 0 Å². The quantitative estimate of drug-likeness (QED) is 0.563. The molecule has 0 saturated carbocycles. The zero-order valence-electron chi connectivity index (χ0n) is 7.09. The van der Waals surface area contributed by atoms with Crippen LogP contribution >= 0.6 is 0 Å². The van der Waals surface area contributed by atoms with E-state index >= 15 is 0 Å². The van der Waals surface area contributed by atoms with E-state index in [1.54, 1.807) is 7.05 Å².